The number of fused-ring (bicyclic) bond motifs is 1. The molecule has 0 radical (unpaired) electrons. The predicted octanol–water partition coefficient (Wildman–Crippen LogP) is 2.40. The van der Waals surface area contributed by atoms with Gasteiger partial charge in [0.2, 0.25) is 5.91 Å². The zero-order valence-electron chi connectivity index (χ0n) is 16.2. The molecule has 2 aliphatic rings. The Kier molecular flexibility index (Phi) is 5.07. The van der Waals surface area contributed by atoms with Crippen LogP contribution in [0.2, 0.25) is 0 Å². The first-order valence-electron chi connectivity index (χ1n) is 9.36. The summed E-state index contributed by atoms with van der Waals surface area (Å²) < 4.78 is 11.1. The summed E-state index contributed by atoms with van der Waals surface area (Å²) in [6, 6.07) is 5.70. The number of aryl methyl sites for hydroxylation is 2. The highest BCUT2D eigenvalue weighted by Crippen LogP contribution is 2.38. The fourth-order valence-electron chi connectivity index (χ4n) is 3.56. The molecule has 1 atom stereocenters. The molecule has 1 saturated heterocycles. The maximum atomic E-state index is 12.8. The summed E-state index contributed by atoms with van der Waals surface area (Å²) in [4.78, 5) is 34.6. The van der Waals surface area contributed by atoms with Crippen LogP contribution in [0.3, 0.4) is 0 Å². The van der Waals surface area contributed by atoms with Crippen molar-refractivity contribution in [2.45, 2.75) is 26.9 Å². The molecule has 0 saturated carbocycles. The van der Waals surface area contributed by atoms with Gasteiger partial charge in [-0.3, -0.25) is 14.5 Å². The third-order valence-electron chi connectivity index (χ3n) is 5.00. The average Bonchev–Trinajstić information content (AvgIpc) is 3.03. The SMILES string of the molecule is Cc1nc(-c2ccc3c(c2)N(CC(=O)N2CCOCC2)C(=O)C(C)O3)c(C)s1. The van der Waals surface area contributed by atoms with Crippen LogP contribution in [-0.4, -0.2) is 60.7 Å². The maximum Gasteiger partial charge on any atom is 0.268 e. The number of carbonyl (C=O) groups excluding carboxylic acids is 2. The molecule has 2 amide bonds. The van der Waals surface area contributed by atoms with E-state index in [1.54, 1.807) is 28.1 Å². The molecule has 2 aromatic rings. The van der Waals surface area contributed by atoms with Gasteiger partial charge in [-0.15, -0.1) is 11.3 Å². The Morgan fingerprint density at radius 2 is 2.04 bits per heavy atom. The van der Waals surface area contributed by atoms with Crippen LogP contribution in [0.25, 0.3) is 11.3 Å². The second-order valence-corrected chi connectivity index (χ2v) is 8.41. The zero-order valence-corrected chi connectivity index (χ0v) is 17.0. The van der Waals surface area contributed by atoms with Crippen LogP contribution in [-0.2, 0) is 14.3 Å². The highest BCUT2D eigenvalue weighted by Gasteiger charge is 2.34. The molecule has 1 aromatic carbocycles. The van der Waals surface area contributed by atoms with Gasteiger partial charge in [0.15, 0.2) is 6.10 Å². The van der Waals surface area contributed by atoms with Gasteiger partial charge in [-0.25, -0.2) is 4.98 Å². The molecule has 28 heavy (non-hydrogen) atoms. The average molecular weight is 401 g/mol. The van der Waals surface area contributed by atoms with Crippen LogP contribution in [0, 0.1) is 13.8 Å². The Morgan fingerprint density at radius 1 is 1.29 bits per heavy atom. The lowest BCUT2D eigenvalue weighted by Gasteiger charge is -2.35. The van der Waals surface area contributed by atoms with Gasteiger partial charge in [-0.1, -0.05) is 0 Å². The largest absolute Gasteiger partial charge is 0.479 e. The van der Waals surface area contributed by atoms with Crippen molar-refractivity contribution in [2.75, 3.05) is 37.7 Å². The van der Waals surface area contributed by atoms with Gasteiger partial charge in [-0.05, 0) is 39.0 Å². The molecule has 8 heteroatoms. The number of rotatable bonds is 3. The molecule has 7 nitrogen and oxygen atoms in total. The van der Waals surface area contributed by atoms with E-state index in [9.17, 15) is 9.59 Å². The molecular formula is C20H23N3O4S. The van der Waals surface area contributed by atoms with Gasteiger partial charge >= 0.3 is 0 Å². The summed E-state index contributed by atoms with van der Waals surface area (Å²) >= 11 is 1.64. The molecule has 0 spiro atoms. The van der Waals surface area contributed by atoms with Crippen molar-refractivity contribution in [3.05, 3.63) is 28.1 Å². The Balaban J connectivity index is 1.67. The smallest absolute Gasteiger partial charge is 0.268 e. The lowest BCUT2D eigenvalue weighted by Crippen LogP contribution is -2.51. The van der Waals surface area contributed by atoms with Gasteiger partial charge in [0, 0.05) is 23.5 Å². The van der Waals surface area contributed by atoms with Gasteiger partial charge in [-0.2, -0.15) is 0 Å². The summed E-state index contributed by atoms with van der Waals surface area (Å²) in [5.41, 5.74) is 2.43. The lowest BCUT2D eigenvalue weighted by molar-refractivity contribution is -0.136. The number of amides is 2. The van der Waals surface area contributed by atoms with Gasteiger partial charge < -0.3 is 14.4 Å². The van der Waals surface area contributed by atoms with E-state index in [1.807, 2.05) is 32.0 Å². The van der Waals surface area contributed by atoms with Crippen molar-refractivity contribution in [3.63, 3.8) is 0 Å². The Labute approximate surface area is 167 Å². The summed E-state index contributed by atoms with van der Waals surface area (Å²) in [7, 11) is 0. The molecule has 4 rings (SSSR count). The Morgan fingerprint density at radius 3 is 2.71 bits per heavy atom. The van der Waals surface area contributed by atoms with E-state index in [0.717, 1.165) is 21.1 Å². The molecule has 1 unspecified atom stereocenters. The zero-order chi connectivity index (χ0) is 19.8. The van der Waals surface area contributed by atoms with E-state index in [0.29, 0.717) is 37.7 Å². The maximum absolute atomic E-state index is 12.8. The molecule has 0 aliphatic carbocycles. The minimum absolute atomic E-state index is 0.00192. The predicted molar refractivity (Wildman–Crippen MR) is 107 cm³/mol. The first kappa shape index (κ1) is 18.9. The molecule has 0 N–H and O–H groups in total. The van der Waals surface area contributed by atoms with Crippen LogP contribution >= 0.6 is 11.3 Å². The second kappa shape index (κ2) is 7.52. The number of nitrogens with zero attached hydrogens (tertiary/aromatic N) is 3. The monoisotopic (exact) mass is 401 g/mol. The summed E-state index contributed by atoms with van der Waals surface area (Å²) in [6.07, 6.45) is -0.626. The second-order valence-electron chi connectivity index (χ2n) is 7.00. The number of benzene rings is 1. The van der Waals surface area contributed by atoms with Crippen LogP contribution in [0.1, 0.15) is 16.8 Å². The minimum atomic E-state index is -0.626. The number of hydrogen-bond donors (Lipinski definition) is 0. The number of morpholine rings is 1. The number of hydrogen-bond acceptors (Lipinski definition) is 6. The van der Waals surface area contributed by atoms with E-state index < -0.39 is 6.10 Å². The number of aromatic nitrogens is 1. The molecule has 2 aliphatic heterocycles. The van der Waals surface area contributed by atoms with Gasteiger partial charge in [0.05, 0.1) is 29.6 Å². The molecule has 1 fully saturated rings. The first-order chi connectivity index (χ1) is 13.4. The number of thiazole rings is 1. The van der Waals surface area contributed by atoms with Crippen molar-refractivity contribution >= 4 is 28.8 Å². The lowest BCUT2D eigenvalue weighted by atomic mass is 10.1. The number of carbonyl (C=O) groups is 2. The number of anilines is 1. The number of ether oxygens (including phenoxy) is 2. The van der Waals surface area contributed by atoms with Crippen molar-refractivity contribution in [1.82, 2.24) is 9.88 Å². The minimum Gasteiger partial charge on any atom is -0.479 e. The summed E-state index contributed by atoms with van der Waals surface area (Å²) in [5.74, 6) is 0.315. The van der Waals surface area contributed by atoms with Crippen LogP contribution in [0.5, 0.6) is 5.75 Å². The van der Waals surface area contributed by atoms with E-state index in [2.05, 4.69) is 4.98 Å². The van der Waals surface area contributed by atoms with E-state index in [1.165, 1.54) is 0 Å². The fourth-order valence-corrected chi connectivity index (χ4v) is 4.40. The highest BCUT2D eigenvalue weighted by atomic mass is 32.1. The van der Waals surface area contributed by atoms with Crippen LogP contribution in [0.15, 0.2) is 18.2 Å². The first-order valence-corrected chi connectivity index (χ1v) is 10.2. The molecular weight excluding hydrogens is 378 g/mol. The van der Waals surface area contributed by atoms with Gasteiger partial charge in [0.1, 0.15) is 12.3 Å². The molecule has 3 heterocycles. The summed E-state index contributed by atoms with van der Waals surface area (Å²) in [5, 5.41) is 0.991. The van der Waals surface area contributed by atoms with Crippen molar-refractivity contribution in [3.8, 4) is 17.0 Å². The summed E-state index contributed by atoms with van der Waals surface area (Å²) in [6.45, 7) is 7.88. The normalized spacial score (nSPS) is 19.4. The Bertz CT molecular complexity index is 920. The topological polar surface area (TPSA) is 72.0 Å². The Hall–Kier alpha value is -2.45. The standard InChI is InChI=1S/C20H23N3O4S/c1-12-20(25)23(11-18(24)22-6-8-26-9-7-22)16-10-15(4-5-17(16)27-12)19-13(2)28-14(3)21-19/h4-5,10,12H,6-9,11H2,1-3H3. The van der Waals surface area contributed by atoms with Crippen LogP contribution in [0.4, 0.5) is 5.69 Å². The fraction of sp³-hybridized carbons (Fsp3) is 0.450. The quantitative estimate of drug-likeness (QED) is 0.790. The van der Waals surface area contributed by atoms with Crippen molar-refractivity contribution < 1.29 is 19.1 Å². The van der Waals surface area contributed by atoms with E-state index in [-0.39, 0.29) is 18.4 Å². The van der Waals surface area contributed by atoms with E-state index in [4.69, 9.17) is 9.47 Å². The van der Waals surface area contributed by atoms with E-state index >= 15 is 0 Å². The molecule has 1 aromatic heterocycles. The third-order valence-corrected chi connectivity index (χ3v) is 5.89. The van der Waals surface area contributed by atoms with Crippen LogP contribution < -0.4 is 9.64 Å². The van der Waals surface area contributed by atoms with Crippen molar-refractivity contribution in [1.29, 1.82) is 0 Å². The third kappa shape index (κ3) is 3.49. The van der Waals surface area contributed by atoms with Gasteiger partial charge in [0.25, 0.3) is 5.91 Å². The molecule has 0 bridgehead atoms. The van der Waals surface area contributed by atoms with Crippen molar-refractivity contribution in [2.24, 2.45) is 0 Å². The molecule has 148 valence electrons. The highest BCUT2D eigenvalue weighted by molar-refractivity contribution is 7.11.